The van der Waals surface area contributed by atoms with E-state index in [1.54, 1.807) is 24.3 Å². The van der Waals surface area contributed by atoms with Gasteiger partial charge in [0.15, 0.2) is 0 Å². The van der Waals surface area contributed by atoms with Gasteiger partial charge in [0.05, 0.1) is 5.69 Å². The molecule has 0 aliphatic rings. The first-order valence-electron chi connectivity index (χ1n) is 4.54. The molecule has 1 aromatic carbocycles. The molecule has 0 bridgehead atoms. The molecule has 0 saturated heterocycles. The molecule has 0 unspecified atom stereocenters. The monoisotopic (exact) mass is 224 g/mol. The molecule has 0 aliphatic heterocycles. The van der Waals surface area contributed by atoms with Crippen molar-refractivity contribution in [3.8, 4) is 0 Å². The Bertz CT molecular complexity index is 367. The van der Waals surface area contributed by atoms with Gasteiger partial charge in [-0.15, -0.1) is 0 Å². The van der Waals surface area contributed by atoms with Gasteiger partial charge in [-0.2, -0.15) is 0 Å². The maximum Gasteiger partial charge on any atom is 0.262 e. The van der Waals surface area contributed by atoms with E-state index >= 15 is 0 Å². The van der Waals surface area contributed by atoms with Crippen molar-refractivity contribution in [3.05, 3.63) is 40.9 Å². The smallest absolute Gasteiger partial charge is 0.262 e. The maximum absolute atomic E-state index is 11.2. The maximum atomic E-state index is 11.2. The number of hydrazine groups is 1. The van der Waals surface area contributed by atoms with Crippen LogP contribution in [0.2, 0.25) is 5.02 Å². The van der Waals surface area contributed by atoms with Crippen molar-refractivity contribution in [3.63, 3.8) is 0 Å². The lowest BCUT2D eigenvalue weighted by molar-refractivity contribution is -0.116. The lowest BCUT2D eigenvalue weighted by Gasteiger charge is -2.06. The van der Waals surface area contributed by atoms with Gasteiger partial charge in [0.25, 0.3) is 5.91 Å². The van der Waals surface area contributed by atoms with E-state index in [-0.39, 0.29) is 5.91 Å². The summed E-state index contributed by atoms with van der Waals surface area (Å²) >= 11 is 5.72. The van der Waals surface area contributed by atoms with Gasteiger partial charge in [0.2, 0.25) is 0 Å². The van der Waals surface area contributed by atoms with E-state index in [9.17, 15) is 4.79 Å². The van der Waals surface area contributed by atoms with Gasteiger partial charge < -0.3 is 0 Å². The molecule has 0 heterocycles. The highest BCUT2D eigenvalue weighted by atomic mass is 35.5. The number of hydrogen-bond acceptors (Lipinski definition) is 2. The van der Waals surface area contributed by atoms with Gasteiger partial charge in [-0.05, 0) is 38.1 Å². The number of amides is 1. The summed E-state index contributed by atoms with van der Waals surface area (Å²) in [6.45, 7) is 3.73. The predicted octanol–water partition coefficient (Wildman–Crippen LogP) is 2.75. The summed E-state index contributed by atoms with van der Waals surface area (Å²) in [5.74, 6) is -0.176. The lowest BCUT2D eigenvalue weighted by atomic mass is 10.3. The minimum atomic E-state index is -0.176. The number of rotatable bonds is 3. The molecular weight excluding hydrogens is 212 g/mol. The molecule has 0 radical (unpaired) electrons. The van der Waals surface area contributed by atoms with Gasteiger partial charge in [0.1, 0.15) is 0 Å². The SMILES string of the molecule is CC(C)=CC(=O)NNc1ccc(Cl)cc1. The van der Waals surface area contributed by atoms with E-state index in [2.05, 4.69) is 10.9 Å². The average molecular weight is 225 g/mol. The summed E-state index contributed by atoms with van der Waals surface area (Å²) in [5.41, 5.74) is 7.05. The fourth-order valence-electron chi connectivity index (χ4n) is 0.965. The molecule has 1 rings (SSSR count). The Balaban J connectivity index is 2.47. The Morgan fingerprint density at radius 3 is 2.40 bits per heavy atom. The number of carbonyl (C=O) groups is 1. The summed E-state index contributed by atoms with van der Waals surface area (Å²) in [6.07, 6.45) is 1.52. The molecule has 0 spiro atoms. The van der Waals surface area contributed by atoms with Gasteiger partial charge in [-0.25, -0.2) is 0 Å². The van der Waals surface area contributed by atoms with Gasteiger partial charge in [-0.1, -0.05) is 17.2 Å². The zero-order valence-corrected chi connectivity index (χ0v) is 9.43. The number of hydrogen-bond donors (Lipinski definition) is 2. The number of carbonyl (C=O) groups excluding carboxylic acids is 1. The molecule has 1 amide bonds. The topological polar surface area (TPSA) is 41.1 Å². The number of anilines is 1. The Morgan fingerprint density at radius 2 is 1.87 bits per heavy atom. The third kappa shape index (κ3) is 4.51. The van der Waals surface area contributed by atoms with E-state index < -0.39 is 0 Å². The standard InChI is InChI=1S/C11H13ClN2O/c1-8(2)7-11(15)14-13-10-5-3-9(12)4-6-10/h3-7,13H,1-2H3,(H,14,15). The number of nitrogens with one attached hydrogen (secondary N) is 2. The van der Waals surface area contributed by atoms with Gasteiger partial charge in [0, 0.05) is 11.1 Å². The van der Waals surface area contributed by atoms with E-state index in [4.69, 9.17) is 11.6 Å². The molecular formula is C11H13ClN2O. The number of allylic oxidation sites excluding steroid dienone is 1. The fraction of sp³-hybridized carbons (Fsp3) is 0.182. The summed E-state index contributed by atoms with van der Waals surface area (Å²) in [6, 6.07) is 7.06. The van der Waals surface area contributed by atoms with Crippen molar-refractivity contribution in [2.24, 2.45) is 0 Å². The zero-order chi connectivity index (χ0) is 11.3. The average Bonchev–Trinajstić information content (AvgIpc) is 2.16. The highest BCUT2D eigenvalue weighted by Gasteiger charge is 1.95. The van der Waals surface area contributed by atoms with Crippen molar-refractivity contribution < 1.29 is 4.79 Å². The minimum Gasteiger partial charge on any atom is -0.298 e. The van der Waals surface area contributed by atoms with E-state index in [1.165, 1.54) is 6.08 Å². The van der Waals surface area contributed by atoms with Gasteiger partial charge in [-0.3, -0.25) is 15.6 Å². The molecule has 15 heavy (non-hydrogen) atoms. The van der Waals surface area contributed by atoms with E-state index in [0.717, 1.165) is 11.3 Å². The van der Waals surface area contributed by atoms with Crippen LogP contribution < -0.4 is 10.9 Å². The van der Waals surface area contributed by atoms with Crippen LogP contribution in [0, 0.1) is 0 Å². The van der Waals surface area contributed by atoms with Crippen molar-refractivity contribution in [1.82, 2.24) is 5.43 Å². The van der Waals surface area contributed by atoms with Gasteiger partial charge >= 0.3 is 0 Å². The van der Waals surface area contributed by atoms with Crippen LogP contribution in [-0.4, -0.2) is 5.91 Å². The van der Waals surface area contributed by atoms with Crippen LogP contribution in [0.15, 0.2) is 35.9 Å². The summed E-state index contributed by atoms with van der Waals surface area (Å²) in [5, 5.41) is 0.663. The third-order valence-corrected chi connectivity index (χ3v) is 1.85. The molecule has 0 aliphatic carbocycles. The quantitative estimate of drug-likeness (QED) is 0.612. The number of benzene rings is 1. The molecule has 0 atom stereocenters. The lowest BCUT2D eigenvalue weighted by Crippen LogP contribution is -2.27. The van der Waals surface area contributed by atoms with E-state index in [0.29, 0.717) is 5.02 Å². The molecule has 2 N–H and O–H groups in total. The highest BCUT2D eigenvalue weighted by Crippen LogP contribution is 2.12. The van der Waals surface area contributed by atoms with Crippen molar-refractivity contribution in [1.29, 1.82) is 0 Å². The second-order valence-corrected chi connectivity index (χ2v) is 3.78. The van der Waals surface area contributed by atoms with Crippen LogP contribution in [0.3, 0.4) is 0 Å². The molecule has 0 aromatic heterocycles. The Morgan fingerprint density at radius 1 is 1.27 bits per heavy atom. The molecule has 0 saturated carbocycles. The molecule has 80 valence electrons. The summed E-state index contributed by atoms with van der Waals surface area (Å²) in [4.78, 5) is 11.2. The Kier molecular flexibility index (Phi) is 4.18. The Labute approximate surface area is 94.1 Å². The first-order chi connectivity index (χ1) is 7.08. The van der Waals surface area contributed by atoms with Crippen molar-refractivity contribution in [2.45, 2.75) is 13.8 Å². The molecule has 3 nitrogen and oxygen atoms in total. The third-order valence-electron chi connectivity index (χ3n) is 1.59. The van der Waals surface area contributed by atoms with Crippen LogP contribution in [0.5, 0.6) is 0 Å². The summed E-state index contributed by atoms with van der Waals surface area (Å²) < 4.78 is 0. The zero-order valence-electron chi connectivity index (χ0n) is 8.67. The summed E-state index contributed by atoms with van der Waals surface area (Å²) in [7, 11) is 0. The largest absolute Gasteiger partial charge is 0.298 e. The van der Waals surface area contributed by atoms with Crippen LogP contribution in [-0.2, 0) is 4.79 Å². The predicted molar refractivity (Wildman–Crippen MR) is 62.6 cm³/mol. The first-order valence-corrected chi connectivity index (χ1v) is 4.92. The van der Waals surface area contributed by atoms with Crippen LogP contribution in [0.1, 0.15) is 13.8 Å². The number of halogens is 1. The molecule has 0 fully saturated rings. The second kappa shape index (κ2) is 5.41. The molecule has 4 heteroatoms. The minimum absolute atomic E-state index is 0.176. The second-order valence-electron chi connectivity index (χ2n) is 3.34. The highest BCUT2D eigenvalue weighted by molar-refractivity contribution is 6.30. The van der Waals surface area contributed by atoms with Crippen LogP contribution >= 0.6 is 11.6 Å². The van der Waals surface area contributed by atoms with Crippen molar-refractivity contribution in [2.75, 3.05) is 5.43 Å². The normalized spacial score (nSPS) is 9.27. The Hall–Kier alpha value is -1.48. The van der Waals surface area contributed by atoms with Crippen LogP contribution in [0.4, 0.5) is 5.69 Å². The van der Waals surface area contributed by atoms with Crippen molar-refractivity contribution >= 4 is 23.2 Å². The molecule has 1 aromatic rings. The van der Waals surface area contributed by atoms with E-state index in [1.807, 2.05) is 13.8 Å². The fourth-order valence-corrected chi connectivity index (χ4v) is 1.09. The first kappa shape index (κ1) is 11.6. The van der Waals surface area contributed by atoms with Crippen LogP contribution in [0.25, 0.3) is 0 Å².